The van der Waals surface area contributed by atoms with E-state index in [1.54, 1.807) is 14.2 Å². The molecule has 0 heterocycles. The number of aryl methyl sites for hydroxylation is 1. The summed E-state index contributed by atoms with van der Waals surface area (Å²) in [5.74, 6) is 1.42. The molecule has 4 nitrogen and oxygen atoms in total. The molecule has 24 heavy (non-hydrogen) atoms. The van der Waals surface area contributed by atoms with Crippen LogP contribution in [0, 0.1) is 0 Å². The lowest BCUT2D eigenvalue weighted by atomic mass is 10.1. The second-order valence-corrected chi connectivity index (χ2v) is 5.92. The summed E-state index contributed by atoms with van der Waals surface area (Å²) in [6.07, 6.45) is 1.04. The molecular weight excluding hydrogens is 320 g/mol. The molecule has 2 aromatic rings. The fourth-order valence-corrected chi connectivity index (χ4v) is 2.66. The topological polar surface area (TPSA) is 42.5 Å². The summed E-state index contributed by atoms with van der Waals surface area (Å²) in [6.45, 7) is 4.24. The summed E-state index contributed by atoms with van der Waals surface area (Å²) in [4.78, 5) is 0. The van der Waals surface area contributed by atoms with E-state index in [2.05, 4.69) is 48.7 Å². The molecule has 0 aromatic heterocycles. The molecule has 0 amide bonds. The third-order valence-corrected chi connectivity index (χ3v) is 4.06. The van der Waals surface area contributed by atoms with Crippen molar-refractivity contribution in [2.45, 2.75) is 26.3 Å². The number of methoxy groups -OCH3 is 2. The number of anilines is 1. The smallest absolute Gasteiger partial charge is 0.171 e. The number of rotatable bonds is 6. The van der Waals surface area contributed by atoms with E-state index < -0.39 is 0 Å². The highest BCUT2D eigenvalue weighted by Crippen LogP contribution is 2.25. The van der Waals surface area contributed by atoms with Crippen LogP contribution >= 0.6 is 12.2 Å². The van der Waals surface area contributed by atoms with Gasteiger partial charge in [-0.25, -0.2) is 0 Å². The Balaban J connectivity index is 2.01. The van der Waals surface area contributed by atoms with Gasteiger partial charge in [-0.1, -0.05) is 31.2 Å². The highest BCUT2D eigenvalue weighted by atomic mass is 32.1. The van der Waals surface area contributed by atoms with Crippen LogP contribution < -0.4 is 20.1 Å². The molecular formula is C19H24N2O2S. The first-order valence-electron chi connectivity index (χ1n) is 7.95. The standard InChI is InChI=1S/C19H24N2O2S/c1-5-14-6-8-15(9-7-14)13(2)20-19(24)21-16-10-17(22-3)12-18(11-16)23-4/h6-13H,5H2,1-4H3,(H2,20,21,24). The van der Waals surface area contributed by atoms with Crippen LogP contribution in [0.2, 0.25) is 0 Å². The van der Waals surface area contributed by atoms with Crippen molar-refractivity contribution in [3.8, 4) is 11.5 Å². The lowest BCUT2D eigenvalue weighted by molar-refractivity contribution is 0.395. The molecule has 2 aromatic carbocycles. The summed E-state index contributed by atoms with van der Waals surface area (Å²) in [6, 6.07) is 14.2. The van der Waals surface area contributed by atoms with Crippen molar-refractivity contribution in [2.24, 2.45) is 0 Å². The third-order valence-electron chi connectivity index (χ3n) is 3.84. The molecule has 0 spiro atoms. The molecule has 1 unspecified atom stereocenters. The highest BCUT2D eigenvalue weighted by Gasteiger charge is 2.08. The fraction of sp³-hybridized carbons (Fsp3) is 0.316. The predicted molar refractivity (Wildman–Crippen MR) is 103 cm³/mol. The predicted octanol–water partition coefficient (Wildman–Crippen LogP) is 4.31. The highest BCUT2D eigenvalue weighted by molar-refractivity contribution is 7.80. The van der Waals surface area contributed by atoms with Gasteiger partial charge in [0.2, 0.25) is 0 Å². The Morgan fingerprint density at radius 1 is 1.04 bits per heavy atom. The fourth-order valence-electron chi connectivity index (χ4n) is 2.37. The Hall–Kier alpha value is -2.27. The molecule has 0 saturated heterocycles. The first-order valence-corrected chi connectivity index (χ1v) is 8.36. The first kappa shape index (κ1) is 18.1. The summed E-state index contributed by atoms with van der Waals surface area (Å²) in [5.41, 5.74) is 3.34. The van der Waals surface area contributed by atoms with Gasteiger partial charge in [0.1, 0.15) is 11.5 Å². The minimum Gasteiger partial charge on any atom is -0.497 e. The number of ether oxygens (including phenoxy) is 2. The van der Waals surface area contributed by atoms with E-state index >= 15 is 0 Å². The van der Waals surface area contributed by atoms with Gasteiger partial charge in [0.25, 0.3) is 0 Å². The van der Waals surface area contributed by atoms with Gasteiger partial charge in [0, 0.05) is 23.9 Å². The van der Waals surface area contributed by atoms with Crippen molar-refractivity contribution in [3.63, 3.8) is 0 Å². The summed E-state index contributed by atoms with van der Waals surface area (Å²) in [5, 5.41) is 7.02. The number of hydrogen-bond acceptors (Lipinski definition) is 3. The zero-order chi connectivity index (χ0) is 17.5. The zero-order valence-corrected chi connectivity index (χ0v) is 15.4. The molecule has 1 atom stereocenters. The van der Waals surface area contributed by atoms with Gasteiger partial charge in [-0.15, -0.1) is 0 Å². The molecule has 0 aliphatic rings. The van der Waals surface area contributed by atoms with Gasteiger partial charge in [-0.3, -0.25) is 0 Å². The van der Waals surface area contributed by atoms with Gasteiger partial charge < -0.3 is 20.1 Å². The molecule has 0 aliphatic heterocycles. The maximum atomic E-state index is 5.42. The maximum absolute atomic E-state index is 5.42. The minimum atomic E-state index is 0.114. The zero-order valence-electron chi connectivity index (χ0n) is 14.6. The Morgan fingerprint density at radius 2 is 1.62 bits per heavy atom. The molecule has 0 radical (unpaired) electrons. The molecule has 2 N–H and O–H groups in total. The van der Waals surface area contributed by atoms with Gasteiger partial charge in [-0.05, 0) is 36.7 Å². The minimum absolute atomic E-state index is 0.114. The van der Waals surface area contributed by atoms with Gasteiger partial charge in [0.05, 0.1) is 20.3 Å². The third kappa shape index (κ3) is 4.86. The second-order valence-electron chi connectivity index (χ2n) is 5.52. The Labute approximate surface area is 149 Å². The van der Waals surface area contributed by atoms with Crippen molar-refractivity contribution in [3.05, 3.63) is 53.6 Å². The molecule has 0 saturated carbocycles. The summed E-state index contributed by atoms with van der Waals surface area (Å²) in [7, 11) is 3.24. The number of nitrogens with one attached hydrogen (secondary N) is 2. The van der Waals surface area contributed by atoms with Crippen LogP contribution in [0.15, 0.2) is 42.5 Å². The van der Waals surface area contributed by atoms with E-state index in [1.807, 2.05) is 18.2 Å². The average Bonchev–Trinajstić information content (AvgIpc) is 2.61. The SMILES string of the molecule is CCc1ccc(C(C)NC(=S)Nc2cc(OC)cc(OC)c2)cc1. The van der Waals surface area contributed by atoms with Crippen molar-refractivity contribution in [2.75, 3.05) is 19.5 Å². The van der Waals surface area contributed by atoms with E-state index in [4.69, 9.17) is 21.7 Å². The second kappa shape index (κ2) is 8.55. The molecule has 0 bridgehead atoms. The van der Waals surface area contributed by atoms with E-state index in [0.717, 1.165) is 12.1 Å². The Morgan fingerprint density at radius 3 is 2.12 bits per heavy atom. The van der Waals surface area contributed by atoms with Crippen LogP contribution in [0.4, 0.5) is 5.69 Å². The maximum Gasteiger partial charge on any atom is 0.171 e. The van der Waals surface area contributed by atoms with Crippen LogP contribution in [0.25, 0.3) is 0 Å². The molecule has 128 valence electrons. The van der Waals surface area contributed by atoms with Crippen LogP contribution in [0.5, 0.6) is 11.5 Å². The average molecular weight is 344 g/mol. The van der Waals surface area contributed by atoms with Gasteiger partial charge >= 0.3 is 0 Å². The molecule has 5 heteroatoms. The number of hydrogen-bond donors (Lipinski definition) is 2. The Kier molecular flexibility index (Phi) is 6.44. The van der Waals surface area contributed by atoms with Gasteiger partial charge in [0.15, 0.2) is 5.11 Å². The lowest BCUT2D eigenvalue weighted by Gasteiger charge is -2.18. The van der Waals surface area contributed by atoms with Crippen molar-refractivity contribution in [1.82, 2.24) is 5.32 Å². The van der Waals surface area contributed by atoms with E-state index in [-0.39, 0.29) is 6.04 Å². The number of benzene rings is 2. The quantitative estimate of drug-likeness (QED) is 0.764. The van der Waals surface area contributed by atoms with E-state index in [9.17, 15) is 0 Å². The first-order chi connectivity index (χ1) is 11.5. The van der Waals surface area contributed by atoms with Crippen molar-refractivity contribution in [1.29, 1.82) is 0 Å². The molecule has 0 aliphatic carbocycles. The molecule has 2 rings (SSSR count). The summed E-state index contributed by atoms with van der Waals surface area (Å²) >= 11 is 5.42. The van der Waals surface area contributed by atoms with Crippen molar-refractivity contribution < 1.29 is 9.47 Å². The number of thiocarbonyl (C=S) groups is 1. The van der Waals surface area contributed by atoms with E-state index in [1.165, 1.54) is 11.1 Å². The monoisotopic (exact) mass is 344 g/mol. The summed E-state index contributed by atoms with van der Waals surface area (Å²) < 4.78 is 10.5. The Bertz CT molecular complexity index is 664. The van der Waals surface area contributed by atoms with Crippen LogP contribution in [0.1, 0.15) is 31.0 Å². The normalized spacial score (nSPS) is 11.5. The van der Waals surface area contributed by atoms with Gasteiger partial charge in [-0.2, -0.15) is 0 Å². The van der Waals surface area contributed by atoms with Crippen molar-refractivity contribution >= 4 is 23.0 Å². The van der Waals surface area contributed by atoms with Crippen LogP contribution in [0.3, 0.4) is 0 Å². The largest absolute Gasteiger partial charge is 0.497 e. The van der Waals surface area contributed by atoms with Crippen LogP contribution in [-0.2, 0) is 6.42 Å². The lowest BCUT2D eigenvalue weighted by Crippen LogP contribution is -2.30. The van der Waals surface area contributed by atoms with E-state index in [0.29, 0.717) is 16.6 Å². The van der Waals surface area contributed by atoms with Crippen LogP contribution in [-0.4, -0.2) is 19.3 Å². The molecule has 0 fully saturated rings.